The molecule has 4 heteroatoms. The summed E-state index contributed by atoms with van der Waals surface area (Å²) in [4.78, 5) is 15.1. The van der Waals surface area contributed by atoms with Crippen molar-refractivity contribution in [1.29, 1.82) is 0 Å². The van der Waals surface area contributed by atoms with E-state index < -0.39 is 0 Å². The number of aromatic nitrogens is 1. The van der Waals surface area contributed by atoms with Crippen LogP contribution in [0.25, 0.3) is 10.9 Å². The zero-order valence-electron chi connectivity index (χ0n) is 10.9. The summed E-state index contributed by atoms with van der Waals surface area (Å²) in [6, 6.07) is 8.18. The van der Waals surface area contributed by atoms with Gasteiger partial charge in [-0.1, -0.05) is 37.5 Å². The average Bonchev–Trinajstić information content (AvgIpc) is 2.83. The Labute approximate surface area is 112 Å². The van der Waals surface area contributed by atoms with Crippen molar-refractivity contribution in [2.45, 2.75) is 38.1 Å². The minimum atomic E-state index is -0.100. The molecule has 0 spiro atoms. The molecule has 1 saturated carbocycles. The number of carbonyl (C=O) groups excluding carboxylic acids is 1. The molecule has 2 amide bonds. The lowest BCUT2D eigenvalue weighted by molar-refractivity contribution is 0.244. The van der Waals surface area contributed by atoms with Gasteiger partial charge >= 0.3 is 6.03 Å². The van der Waals surface area contributed by atoms with Gasteiger partial charge in [0.1, 0.15) is 0 Å². The molecule has 1 heterocycles. The van der Waals surface area contributed by atoms with Crippen LogP contribution < -0.4 is 10.6 Å². The molecule has 1 aromatic carbocycles. The van der Waals surface area contributed by atoms with Crippen LogP contribution in [-0.2, 0) is 0 Å². The molecule has 3 rings (SSSR count). The number of urea groups is 1. The Balaban J connectivity index is 1.65. The van der Waals surface area contributed by atoms with Gasteiger partial charge < -0.3 is 15.6 Å². The van der Waals surface area contributed by atoms with E-state index in [1.807, 2.05) is 30.5 Å². The number of para-hydroxylation sites is 1. The fourth-order valence-electron chi connectivity index (χ4n) is 2.77. The number of fused-ring (bicyclic) bond motifs is 1. The lowest BCUT2D eigenvalue weighted by atomic mass is 9.96. The minimum Gasteiger partial charge on any atom is -0.359 e. The molecule has 4 nitrogen and oxygen atoms in total. The van der Waals surface area contributed by atoms with Crippen molar-refractivity contribution in [1.82, 2.24) is 10.3 Å². The van der Waals surface area contributed by atoms with Gasteiger partial charge in [0.2, 0.25) is 0 Å². The highest BCUT2D eigenvalue weighted by Crippen LogP contribution is 2.22. The number of amides is 2. The van der Waals surface area contributed by atoms with Crippen LogP contribution in [0.5, 0.6) is 0 Å². The number of hydrogen-bond acceptors (Lipinski definition) is 1. The first kappa shape index (κ1) is 12.1. The summed E-state index contributed by atoms with van der Waals surface area (Å²) in [7, 11) is 0. The first-order valence-electron chi connectivity index (χ1n) is 6.96. The van der Waals surface area contributed by atoms with Crippen molar-refractivity contribution in [3.63, 3.8) is 0 Å². The van der Waals surface area contributed by atoms with Gasteiger partial charge in [-0.3, -0.25) is 0 Å². The molecule has 2 aromatic rings. The Kier molecular flexibility index (Phi) is 3.40. The minimum absolute atomic E-state index is 0.100. The second kappa shape index (κ2) is 5.34. The molecule has 1 aliphatic carbocycles. The van der Waals surface area contributed by atoms with Crippen LogP contribution in [0.1, 0.15) is 32.1 Å². The molecular weight excluding hydrogens is 238 g/mol. The number of hydrogen-bond donors (Lipinski definition) is 3. The second-order valence-electron chi connectivity index (χ2n) is 5.18. The predicted octanol–water partition coefficient (Wildman–Crippen LogP) is 3.62. The SMILES string of the molecule is O=C(Nc1c[nH]c2ccccc12)NC1CCCCC1. The summed E-state index contributed by atoms with van der Waals surface area (Å²) < 4.78 is 0. The number of nitrogens with one attached hydrogen (secondary N) is 3. The molecule has 100 valence electrons. The Morgan fingerprint density at radius 3 is 2.79 bits per heavy atom. The van der Waals surface area contributed by atoms with E-state index in [4.69, 9.17) is 0 Å². The molecule has 0 radical (unpaired) electrons. The second-order valence-corrected chi connectivity index (χ2v) is 5.18. The van der Waals surface area contributed by atoms with Gasteiger partial charge in [0, 0.05) is 23.1 Å². The topological polar surface area (TPSA) is 56.9 Å². The van der Waals surface area contributed by atoms with Gasteiger partial charge in [0.25, 0.3) is 0 Å². The highest BCUT2D eigenvalue weighted by Gasteiger charge is 2.16. The van der Waals surface area contributed by atoms with Crippen molar-refractivity contribution in [3.8, 4) is 0 Å². The number of carbonyl (C=O) groups is 1. The summed E-state index contributed by atoms with van der Waals surface area (Å²) in [6.45, 7) is 0. The molecule has 0 unspecified atom stereocenters. The Morgan fingerprint density at radius 1 is 1.16 bits per heavy atom. The smallest absolute Gasteiger partial charge is 0.319 e. The molecule has 0 aliphatic heterocycles. The maximum Gasteiger partial charge on any atom is 0.319 e. The Bertz CT molecular complexity index is 570. The van der Waals surface area contributed by atoms with Crippen LogP contribution >= 0.6 is 0 Å². The van der Waals surface area contributed by atoms with E-state index in [0.29, 0.717) is 6.04 Å². The van der Waals surface area contributed by atoms with Crippen LogP contribution in [-0.4, -0.2) is 17.1 Å². The first-order valence-corrected chi connectivity index (χ1v) is 6.96. The van der Waals surface area contributed by atoms with Gasteiger partial charge in [-0.05, 0) is 18.9 Å². The maximum absolute atomic E-state index is 12.0. The molecule has 0 atom stereocenters. The van der Waals surface area contributed by atoms with Crippen molar-refractivity contribution in [2.24, 2.45) is 0 Å². The van der Waals surface area contributed by atoms with E-state index in [2.05, 4.69) is 15.6 Å². The maximum atomic E-state index is 12.0. The van der Waals surface area contributed by atoms with Gasteiger partial charge in [-0.25, -0.2) is 4.79 Å². The normalized spacial score (nSPS) is 16.4. The molecule has 3 N–H and O–H groups in total. The van der Waals surface area contributed by atoms with Gasteiger partial charge in [-0.2, -0.15) is 0 Å². The zero-order chi connectivity index (χ0) is 13.1. The van der Waals surface area contributed by atoms with Crippen LogP contribution in [0, 0.1) is 0 Å². The molecule has 0 bridgehead atoms. The number of benzene rings is 1. The molecule has 1 aliphatic rings. The van der Waals surface area contributed by atoms with Gasteiger partial charge in [-0.15, -0.1) is 0 Å². The predicted molar refractivity (Wildman–Crippen MR) is 77.3 cm³/mol. The number of aromatic amines is 1. The van der Waals surface area contributed by atoms with Gasteiger partial charge in [0.15, 0.2) is 0 Å². The Morgan fingerprint density at radius 2 is 1.95 bits per heavy atom. The summed E-state index contributed by atoms with van der Waals surface area (Å²) in [5.41, 5.74) is 1.87. The molecule has 1 aromatic heterocycles. The number of anilines is 1. The third-order valence-corrected chi connectivity index (χ3v) is 3.78. The fourth-order valence-corrected chi connectivity index (χ4v) is 2.77. The van der Waals surface area contributed by atoms with Crippen LogP contribution in [0.2, 0.25) is 0 Å². The third-order valence-electron chi connectivity index (χ3n) is 3.78. The molecule has 19 heavy (non-hydrogen) atoms. The van der Waals surface area contributed by atoms with E-state index in [-0.39, 0.29) is 6.03 Å². The number of H-pyrrole nitrogens is 1. The average molecular weight is 257 g/mol. The monoisotopic (exact) mass is 257 g/mol. The van der Waals surface area contributed by atoms with Gasteiger partial charge in [0.05, 0.1) is 5.69 Å². The molecular formula is C15H19N3O. The van der Waals surface area contributed by atoms with E-state index >= 15 is 0 Å². The number of rotatable bonds is 2. The van der Waals surface area contributed by atoms with Crippen LogP contribution in [0.4, 0.5) is 10.5 Å². The standard InChI is InChI=1S/C15H19N3O/c19-15(17-11-6-2-1-3-7-11)18-14-10-16-13-9-5-4-8-12(13)14/h4-5,8-11,16H,1-3,6-7H2,(H2,17,18,19). The van der Waals surface area contributed by atoms with Crippen molar-refractivity contribution >= 4 is 22.6 Å². The Hall–Kier alpha value is -1.97. The lowest BCUT2D eigenvalue weighted by Crippen LogP contribution is -2.38. The quantitative estimate of drug-likeness (QED) is 0.756. The van der Waals surface area contributed by atoms with Crippen molar-refractivity contribution in [3.05, 3.63) is 30.5 Å². The van der Waals surface area contributed by atoms with E-state index in [0.717, 1.165) is 29.4 Å². The van der Waals surface area contributed by atoms with Crippen LogP contribution in [0.3, 0.4) is 0 Å². The molecule has 1 fully saturated rings. The summed E-state index contributed by atoms with van der Waals surface area (Å²) in [5, 5.41) is 7.03. The van der Waals surface area contributed by atoms with Crippen LogP contribution in [0.15, 0.2) is 30.5 Å². The lowest BCUT2D eigenvalue weighted by Gasteiger charge is -2.22. The highest BCUT2D eigenvalue weighted by molar-refractivity contribution is 6.00. The zero-order valence-corrected chi connectivity index (χ0v) is 10.9. The highest BCUT2D eigenvalue weighted by atomic mass is 16.2. The third kappa shape index (κ3) is 2.72. The summed E-state index contributed by atoms with van der Waals surface area (Å²) in [5.74, 6) is 0. The van der Waals surface area contributed by atoms with Crippen molar-refractivity contribution < 1.29 is 4.79 Å². The van der Waals surface area contributed by atoms with E-state index in [1.54, 1.807) is 0 Å². The van der Waals surface area contributed by atoms with Crippen molar-refractivity contribution in [2.75, 3.05) is 5.32 Å². The van der Waals surface area contributed by atoms with E-state index in [1.165, 1.54) is 19.3 Å². The first-order chi connectivity index (χ1) is 9.33. The summed E-state index contributed by atoms with van der Waals surface area (Å²) >= 11 is 0. The largest absolute Gasteiger partial charge is 0.359 e. The van der Waals surface area contributed by atoms with E-state index in [9.17, 15) is 4.79 Å². The fraction of sp³-hybridized carbons (Fsp3) is 0.400. The molecule has 0 saturated heterocycles. The summed E-state index contributed by atoms with van der Waals surface area (Å²) in [6.07, 6.45) is 7.77.